The molecule has 0 spiro atoms. The third-order valence-corrected chi connectivity index (χ3v) is 3.54. The first kappa shape index (κ1) is 18.0. The molecule has 0 aliphatic carbocycles. The lowest BCUT2D eigenvalue weighted by Gasteiger charge is -2.10. The molecule has 120 valence electrons. The molecule has 0 radical (unpaired) electrons. The van der Waals surface area contributed by atoms with Crippen molar-refractivity contribution in [3.63, 3.8) is 0 Å². The quantitative estimate of drug-likeness (QED) is 0.606. The van der Waals surface area contributed by atoms with Gasteiger partial charge in [-0.05, 0) is 26.0 Å². The largest absolute Gasteiger partial charge is 0.466 e. The van der Waals surface area contributed by atoms with Crippen molar-refractivity contribution in [1.82, 2.24) is 5.32 Å². The number of carbonyl (C=O) groups excluding carboxylic acids is 3. The van der Waals surface area contributed by atoms with E-state index < -0.39 is 18.5 Å². The molecule has 1 amide bonds. The average Bonchev–Trinajstić information content (AvgIpc) is 2.49. The highest BCUT2D eigenvalue weighted by Crippen LogP contribution is 2.23. The Kier molecular flexibility index (Phi) is 7.45. The molecule has 1 aromatic rings. The van der Waals surface area contributed by atoms with Crippen molar-refractivity contribution in [1.29, 1.82) is 0 Å². The van der Waals surface area contributed by atoms with Crippen LogP contribution in [-0.2, 0) is 19.1 Å². The maximum atomic E-state index is 12.0. The summed E-state index contributed by atoms with van der Waals surface area (Å²) in [4.78, 5) is 35.2. The number of nitrogens with one attached hydrogen (secondary N) is 1. The highest BCUT2D eigenvalue weighted by Gasteiger charge is 2.15. The summed E-state index contributed by atoms with van der Waals surface area (Å²) in [5.41, 5.74) is 0.314. The van der Waals surface area contributed by atoms with Crippen LogP contribution in [-0.4, -0.2) is 43.4 Å². The van der Waals surface area contributed by atoms with E-state index >= 15 is 0 Å². The van der Waals surface area contributed by atoms with Gasteiger partial charge in [0.15, 0.2) is 6.61 Å². The Hall–Kier alpha value is -2.02. The van der Waals surface area contributed by atoms with Crippen molar-refractivity contribution < 1.29 is 23.9 Å². The van der Waals surface area contributed by atoms with Gasteiger partial charge in [-0.1, -0.05) is 12.1 Å². The lowest BCUT2D eigenvalue weighted by atomic mass is 10.2. The second-order valence-electron chi connectivity index (χ2n) is 4.66. The van der Waals surface area contributed by atoms with Crippen molar-refractivity contribution in [3.05, 3.63) is 29.8 Å². The van der Waals surface area contributed by atoms with E-state index in [-0.39, 0.29) is 17.7 Å². The number of amides is 1. The first-order chi connectivity index (χ1) is 10.4. The fourth-order valence-electron chi connectivity index (χ4n) is 1.53. The van der Waals surface area contributed by atoms with Gasteiger partial charge in [0.05, 0.1) is 18.4 Å². The van der Waals surface area contributed by atoms with Crippen LogP contribution in [0, 0.1) is 0 Å². The third kappa shape index (κ3) is 6.17. The summed E-state index contributed by atoms with van der Waals surface area (Å²) >= 11 is 1.24. The molecule has 0 fully saturated rings. The molecular formula is C15H19NO5S. The van der Waals surface area contributed by atoms with Crippen LogP contribution in [0.3, 0.4) is 0 Å². The summed E-state index contributed by atoms with van der Waals surface area (Å²) in [7, 11) is 1.22. The molecule has 0 saturated carbocycles. The van der Waals surface area contributed by atoms with Gasteiger partial charge in [0.1, 0.15) is 0 Å². The van der Waals surface area contributed by atoms with Gasteiger partial charge in [0.2, 0.25) is 5.91 Å². The predicted molar refractivity (Wildman–Crippen MR) is 82.7 cm³/mol. The maximum absolute atomic E-state index is 12.0. The molecular weight excluding hydrogens is 306 g/mol. The molecule has 0 bridgehead atoms. The standard InChI is InChI=1S/C15H19NO5S/c1-10(2)16-13(17)9-22-12-7-5-4-6-11(12)15(19)21-8-14(18)20-3/h4-7,10H,8-9H2,1-3H3,(H,16,17). The number of thioether (sulfide) groups is 1. The molecule has 0 unspecified atom stereocenters. The predicted octanol–water partition coefficient (Wildman–Crippen LogP) is 1.63. The Labute approximate surface area is 133 Å². The van der Waals surface area contributed by atoms with Crippen LogP contribution in [0.5, 0.6) is 0 Å². The summed E-state index contributed by atoms with van der Waals surface area (Å²) in [6, 6.07) is 6.82. The molecule has 0 aliphatic heterocycles. The van der Waals surface area contributed by atoms with E-state index in [0.717, 1.165) is 0 Å². The van der Waals surface area contributed by atoms with Crippen LogP contribution < -0.4 is 5.32 Å². The van der Waals surface area contributed by atoms with Gasteiger partial charge in [-0.25, -0.2) is 9.59 Å². The second-order valence-corrected chi connectivity index (χ2v) is 5.68. The third-order valence-electron chi connectivity index (χ3n) is 2.46. The molecule has 1 N–H and O–H groups in total. The van der Waals surface area contributed by atoms with Crippen LogP contribution in [0.1, 0.15) is 24.2 Å². The molecule has 0 atom stereocenters. The first-order valence-corrected chi connectivity index (χ1v) is 7.67. The van der Waals surface area contributed by atoms with Gasteiger partial charge in [-0.3, -0.25) is 4.79 Å². The van der Waals surface area contributed by atoms with Crippen molar-refractivity contribution in [2.24, 2.45) is 0 Å². The maximum Gasteiger partial charge on any atom is 0.344 e. The van der Waals surface area contributed by atoms with Crippen molar-refractivity contribution >= 4 is 29.6 Å². The van der Waals surface area contributed by atoms with Crippen LogP contribution in [0.25, 0.3) is 0 Å². The van der Waals surface area contributed by atoms with Gasteiger partial charge in [0.25, 0.3) is 0 Å². The minimum Gasteiger partial charge on any atom is -0.466 e. The zero-order valence-corrected chi connectivity index (χ0v) is 13.6. The number of methoxy groups -OCH3 is 1. The van der Waals surface area contributed by atoms with E-state index in [1.807, 2.05) is 13.8 Å². The summed E-state index contributed by atoms with van der Waals surface area (Å²) in [5.74, 6) is -1.18. The minimum absolute atomic E-state index is 0.0633. The Bertz CT molecular complexity index is 544. The molecule has 6 nitrogen and oxygen atoms in total. The lowest BCUT2D eigenvalue weighted by Crippen LogP contribution is -2.31. The topological polar surface area (TPSA) is 81.7 Å². The summed E-state index contributed by atoms with van der Waals surface area (Å²) < 4.78 is 9.27. The van der Waals surface area contributed by atoms with E-state index in [2.05, 4.69) is 10.1 Å². The zero-order chi connectivity index (χ0) is 16.5. The number of carbonyl (C=O) groups is 3. The molecule has 1 rings (SSSR count). The van der Waals surface area contributed by atoms with Gasteiger partial charge < -0.3 is 14.8 Å². The SMILES string of the molecule is COC(=O)COC(=O)c1ccccc1SCC(=O)NC(C)C. The smallest absolute Gasteiger partial charge is 0.344 e. The molecule has 22 heavy (non-hydrogen) atoms. The zero-order valence-electron chi connectivity index (χ0n) is 12.8. The average molecular weight is 325 g/mol. The number of benzene rings is 1. The Morgan fingerprint density at radius 2 is 1.91 bits per heavy atom. The molecule has 0 aliphatic rings. The van der Waals surface area contributed by atoms with E-state index in [1.165, 1.54) is 18.9 Å². The lowest BCUT2D eigenvalue weighted by molar-refractivity contribution is -0.144. The summed E-state index contributed by atoms with van der Waals surface area (Å²) in [6.45, 7) is 3.31. The normalized spacial score (nSPS) is 10.2. The Morgan fingerprint density at radius 3 is 2.55 bits per heavy atom. The summed E-state index contributed by atoms with van der Waals surface area (Å²) in [6.07, 6.45) is 0. The fraction of sp³-hybridized carbons (Fsp3) is 0.400. The highest BCUT2D eigenvalue weighted by molar-refractivity contribution is 8.00. The van der Waals surface area contributed by atoms with Crippen LogP contribution >= 0.6 is 11.8 Å². The van der Waals surface area contributed by atoms with Gasteiger partial charge in [-0.15, -0.1) is 11.8 Å². The van der Waals surface area contributed by atoms with Crippen LogP contribution in [0.15, 0.2) is 29.2 Å². The van der Waals surface area contributed by atoms with Crippen LogP contribution in [0.4, 0.5) is 0 Å². The number of hydrogen-bond donors (Lipinski definition) is 1. The fourth-order valence-corrected chi connectivity index (χ4v) is 2.38. The van der Waals surface area contributed by atoms with Crippen molar-refractivity contribution in [2.45, 2.75) is 24.8 Å². The van der Waals surface area contributed by atoms with Crippen molar-refractivity contribution in [3.8, 4) is 0 Å². The number of hydrogen-bond acceptors (Lipinski definition) is 6. The van der Waals surface area contributed by atoms with Gasteiger partial charge in [0, 0.05) is 10.9 Å². The van der Waals surface area contributed by atoms with Crippen LogP contribution in [0.2, 0.25) is 0 Å². The Balaban J connectivity index is 2.67. The number of ether oxygens (including phenoxy) is 2. The van der Waals surface area contributed by atoms with E-state index in [4.69, 9.17) is 4.74 Å². The van der Waals surface area contributed by atoms with E-state index in [0.29, 0.717) is 10.5 Å². The number of rotatable bonds is 7. The van der Waals surface area contributed by atoms with Crippen molar-refractivity contribution in [2.75, 3.05) is 19.5 Å². The molecule has 0 aromatic heterocycles. The molecule has 0 saturated heterocycles. The molecule has 0 heterocycles. The van der Waals surface area contributed by atoms with E-state index in [9.17, 15) is 14.4 Å². The second kappa shape index (κ2) is 9.09. The van der Waals surface area contributed by atoms with Gasteiger partial charge in [-0.2, -0.15) is 0 Å². The molecule has 1 aromatic carbocycles. The monoisotopic (exact) mass is 325 g/mol. The number of esters is 2. The minimum atomic E-state index is -0.630. The highest BCUT2D eigenvalue weighted by atomic mass is 32.2. The Morgan fingerprint density at radius 1 is 1.23 bits per heavy atom. The van der Waals surface area contributed by atoms with Gasteiger partial charge >= 0.3 is 11.9 Å². The van der Waals surface area contributed by atoms with E-state index in [1.54, 1.807) is 24.3 Å². The first-order valence-electron chi connectivity index (χ1n) is 6.69. The summed E-state index contributed by atoms with van der Waals surface area (Å²) in [5, 5.41) is 2.77. The molecule has 7 heteroatoms.